The van der Waals surface area contributed by atoms with E-state index in [1.807, 2.05) is 0 Å². The van der Waals surface area contributed by atoms with Gasteiger partial charge in [-0.3, -0.25) is 9.80 Å². The third-order valence-electron chi connectivity index (χ3n) is 5.50. The number of rotatable bonds is 3. The van der Waals surface area contributed by atoms with Crippen LogP contribution in [0.4, 0.5) is 0 Å². The summed E-state index contributed by atoms with van der Waals surface area (Å²) in [5.74, 6) is 0. The highest BCUT2D eigenvalue weighted by atomic mass is 15.3. The molecule has 3 aliphatic heterocycles. The van der Waals surface area contributed by atoms with Crippen LogP contribution in [0, 0.1) is 5.41 Å². The van der Waals surface area contributed by atoms with Gasteiger partial charge in [0.2, 0.25) is 0 Å². The van der Waals surface area contributed by atoms with Gasteiger partial charge in [0.15, 0.2) is 0 Å². The normalized spacial score (nSPS) is 33.5. The molecule has 4 nitrogen and oxygen atoms in total. The Hall–Kier alpha value is -0.160. The van der Waals surface area contributed by atoms with Crippen LogP contribution in [0.5, 0.6) is 0 Å². The van der Waals surface area contributed by atoms with Crippen molar-refractivity contribution < 1.29 is 0 Å². The van der Waals surface area contributed by atoms with Gasteiger partial charge in [-0.05, 0) is 64.8 Å². The number of likely N-dealkylation sites (tertiary alicyclic amines) is 3. The first kappa shape index (κ1) is 13.8. The van der Waals surface area contributed by atoms with Crippen molar-refractivity contribution in [1.29, 1.82) is 0 Å². The predicted molar refractivity (Wildman–Crippen MR) is 79.3 cm³/mol. The Balaban J connectivity index is 1.47. The Morgan fingerprint density at radius 2 is 1.89 bits per heavy atom. The van der Waals surface area contributed by atoms with Crippen LogP contribution in [0.1, 0.15) is 25.7 Å². The van der Waals surface area contributed by atoms with Crippen LogP contribution in [0.2, 0.25) is 0 Å². The molecule has 3 aliphatic rings. The first-order chi connectivity index (χ1) is 9.21. The lowest BCUT2D eigenvalue weighted by atomic mass is 9.71. The second-order valence-corrected chi connectivity index (χ2v) is 7.09. The van der Waals surface area contributed by atoms with E-state index in [0.29, 0.717) is 5.41 Å². The minimum absolute atomic E-state index is 0.692. The van der Waals surface area contributed by atoms with Gasteiger partial charge >= 0.3 is 0 Å². The van der Waals surface area contributed by atoms with E-state index in [9.17, 15) is 0 Å². The third-order valence-corrected chi connectivity index (χ3v) is 5.50. The van der Waals surface area contributed by atoms with Crippen LogP contribution in [0.3, 0.4) is 0 Å². The van der Waals surface area contributed by atoms with Crippen LogP contribution in [-0.4, -0.2) is 80.8 Å². The zero-order valence-corrected chi connectivity index (χ0v) is 12.7. The average Bonchev–Trinajstić information content (AvgIpc) is 2.38. The van der Waals surface area contributed by atoms with Crippen LogP contribution >= 0.6 is 0 Å². The molecule has 3 heterocycles. The van der Waals surface area contributed by atoms with E-state index in [0.717, 1.165) is 12.7 Å². The molecule has 0 aromatic rings. The summed E-state index contributed by atoms with van der Waals surface area (Å²) in [5.41, 5.74) is 0.692. The van der Waals surface area contributed by atoms with Gasteiger partial charge in [0.05, 0.1) is 0 Å². The molecule has 3 rings (SSSR count). The summed E-state index contributed by atoms with van der Waals surface area (Å²) in [5, 5.41) is 3.30. The second-order valence-electron chi connectivity index (χ2n) is 7.09. The van der Waals surface area contributed by atoms with E-state index in [1.54, 1.807) is 0 Å². The maximum Gasteiger partial charge on any atom is 0.0478 e. The standard InChI is InChI=1S/C15H30N4/c1-16-13-18-7-3-4-14(10-18)19-11-15(12-19)5-8-17(2)9-6-15/h14,16H,3-13H2,1-2H3. The Labute approximate surface area is 118 Å². The molecular weight excluding hydrogens is 236 g/mol. The quantitative estimate of drug-likeness (QED) is 0.810. The van der Waals surface area contributed by atoms with E-state index in [-0.39, 0.29) is 0 Å². The Kier molecular flexibility index (Phi) is 4.13. The summed E-state index contributed by atoms with van der Waals surface area (Å²) < 4.78 is 0. The van der Waals surface area contributed by atoms with Gasteiger partial charge in [0.25, 0.3) is 0 Å². The van der Waals surface area contributed by atoms with Gasteiger partial charge in [-0.25, -0.2) is 0 Å². The van der Waals surface area contributed by atoms with E-state index in [4.69, 9.17) is 0 Å². The molecular formula is C15H30N4. The van der Waals surface area contributed by atoms with Gasteiger partial charge in [-0.15, -0.1) is 0 Å². The lowest BCUT2D eigenvalue weighted by molar-refractivity contribution is -0.0799. The lowest BCUT2D eigenvalue weighted by Crippen LogP contribution is -2.65. The second kappa shape index (κ2) is 5.68. The zero-order chi connectivity index (χ0) is 13.3. The van der Waals surface area contributed by atoms with Crippen LogP contribution < -0.4 is 5.32 Å². The highest BCUT2D eigenvalue weighted by molar-refractivity contribution is 5.01. The van der Waals surface area contributed by atoms with E-state index >= 15 is 0 Å². The molecule has 0 amide bonds. The van der Waals surface area contributed by atoms with Crippen molar-refractivity contribution in [2.45, 2.75) is 31.7 Å². The van der Waals surface area contributed by atoms with Crippen LogP contribution in [-0.2, 0) is 0 Å². The lowest BCUT2D eigenvalue weighted by Gasteiger charge is -2.57. The number of hydrogen-bond acceptors (Lipinski definition) is 4. The SMILES string of the molecule is CNCN1CCCC(N2CC3(CCN(C)CC3)C2)C1. The maximum absolute atomic E-state index is 3.30. The fraction of sp³-hybridized carbons (Fsp3) is 1.00. The summed E-state index contributed by atoms with van der Waals surface area (Å²) in [4.78, 5) is 7.84. The topological polar surface area (TPSA) is 21.8 Å². The van der Waals surface area contributed by atoms with Gasteiger partial charge in [0.1, 0.15) is 0 Å². The third kappa shape index (κ3) is 2.97. The minimum Gasteiger partial charge on any atom is -0.307 e. The molecule has 1 spiro atoms. The highest BCUT2D eigenvalue weighted by Crippen LogP contribution is 2.42. The predicted octanol–water partition coefficient (Wildman–Crippen LogP) is 0.655. The van der Waals surface area contributed by atoms with Crippen LogP contribution in [0.25, 0.3) is 0 Å². The molecule has 4 heteroatoms. The monoisotopic (exact) mass is 266 g/mol. The molecule has 1 unspecified atom stereocenters. The number of hydrogen-bond donors (Lipinski definition) is 1. The van der Waals surface area contributed by atoms with Gasteiger partial charge in [-0.1, -0.05) is 0 Å². The van der Waals surface area contributed by atoms with Crippen molar-refractivity contribution in [1.82, 2.24) is 20.0 Å². The molecule has 1 N–H and O–H groups in total. The summed E-state index contributed by atoms with van der Waals surface area (Å²) in [6.45, 7) is 8.98. The largest absolute Gasteiger partial charge is 0.307 e. The molecule has 110 valence electrons. The molecule has 0 radical (unpaired) electrons. The smallest absolute Gasteiger partial charge is 0.0478 e. The molecule has 0 aromatic heterocycles. The van der Waals surface area contributed by atoms with E-state index in [1.165, 1.54) is 65.0 Å². The summed E-state index contributed by atoms with van der Waals surface area (Å²) in [6, 6.07) is 0.826. The molecule has 0 saturated carbocycles. The van der Waals surface area contributed by atoms with Gasteiger partial charge in [-0.2, -0.15) is 0 Å². The Morgan fingerprint density at radius 3 is 2.58 bits per heavy atom. The van der Waals surface area contributed by atoms with Crippen molar-refractivity contribution in [3.63, 3.8) is 0 Å². The first-order valence-corrected chi connectivity index (χ1v) is 8.00. The molecule has 19 heavy (non-hydrogen) atoms. The fourth-order valence-corrected chi connectivity index (χ4v) is 4.18. The molecule has 0 aliphatic carbocycles. The zero-order valence-electron chi connectivity index (χ0n) is 12.7. The summed E-state index contributed by atoms with van der Waals surface area (Å²) >= 11 is 0. The van der Waals surface area contributed by atoms with Crippen molar-refractivity contribution in [3.05, 3.63) is 0 Å². The van der Waals surface area contributed by atoms with Gasteiger partial charge < -0.3 is 10.2 Å². The molecule has 1 atom stereocenters. The Bertz CT molecular complexity index is 289. The van der Waals surface area contributed by atoms with Crippen molar-refractivity contribution in [2.75, 3.05) is 60.0 Å². The fourth-order valence-electron chi connectivity index (χ4n) is 4.18. The Morgan fingerprint density at radius 1 is 1.16 bits per heavy atom. The number of nitrogens with zero attached hydrogens (tertiary/aromatic N) is 3. The van der Waals surface area contributed by atoms with E-state index in [2.05, 4.69) is 34.1 Å². The maximum atomic E-state index is 3.30. The first-order valence-electron chi connectivity index (χ1n) is 8.00. The van der Waals surface area contributed by atoms with Crippen molar-refractivity contribution >= 4 is 0 Å². The van der Waals surface area contributed by atoms with E-state index < -0.39 is 0 Å². The van der Waals surface area contributed by atoms with Crippen molar-refractivity contribution in [3.8, 4) is 0 Å². The molecule has 0 bridgehead atoms. The summed E-state index contributed by atoms with van der Waals surface area (Å²) in [6.07, 6.45) is 5.63. The molecule has 3 fully saturated rings. The average molecular weight is 266 g/mol. The molecule has 3 saturated heterocycles. The summed E-state index contributed by atoms with van der Waals surface area (Å²) in [7, 11) is 4.32. The minimum atomic E-state index is 0.692. The molecule has 0 aromatic carbocycles. The van der Waals surface area contributed by atoms with Gasteiger partial charge in [0, 0.05) is 32.3 Å². The number of nitrogens with one attached hydrogen (secondary N) is 1. The number of piperidine rings is 2. The highest BCUT2D eigenvalue weighted by Gasteiger charge is 2.46. The van der Waals surface area contributed by atoms with Crippen LogP contribution in [0.15, 0.2) is 0 Å². The van der Waals surface area contributed by atoms with Crippen molar-refractivity contribution in [2.24, 2.45) is 5.41 Å².